The van der Waals surface area contributed by atoms with Gasteiger partial charge in [-0.25, -0.2) is 9.37 Å². The van der Waals surface area contributed by atoms with Crippen molar-refractivity contribution in [3.05, 3.63) is 99.5 Å². The van der Waals surface area contributed by atoms with Gasteiger partial charge < -0.3 is 9.47 Å². The van der Waals surface area contributed by atoms with Crippen LogP contribution in [-0.2, 0) is 13.2 Å². The molecule has 0 amide bonds. The van der Waals surface area contributed by atoms with Gasteiger partial charge in [-0.15, -0.1) is 0 Å². The van der Waals surface area contributed by atoms with Crippen molar-refractivity contribution in [2.24, 2.45) is 7.05 Å². The third kappa shape index (κ3) is 5.07. The topological polar surface area (TPSA) is 78.0 Å². The fourth-order valence-corrected chi connectivity index (χ4v) is 5.12. The monoisotopic (exact) mass is 536 g/mol. The van der Waals surface area contributed by atoms with Gasteiger partial charge in [-0.05, 0) is 48.9 Å². The van der Waals surface area contributed by atoms with E-state index in [0.717, 1.165) is 12.3 Å². The molecule has 5 rings (SSSR count). The van der Waals surface area contributed by atoms with Gasteiger partial charge in [0, 0.05) is 45.0 Å². The van der Waals surface area contributed by atoms with Crippen LogP contribution < -0.4 is 10.5 Å². The fraction of sp³-hybridized carbons (Fsp3) is 0.286. The number of alkyl halides is 3. The van der Waals surface area contributed by atoms with Crippen LogP contribution in [0.25, 0.3) is 11.0 Å². The van der Waals surface area contributed by atoms with Crippen molar-refractivity contribution in [3.8, 4) is 6.07 Å². The Morgan fingerprint density at radius 1 is 1.08 bits per heavy atom. The largest absolute Gasteiger partial charge is 0.417 e. The van der Waals surface area contributed by atoms with E-state index in [9.17, 15) is 27.6 Å². The van der Waals surface area contributed by atoms with Crippen molar-refractivity contribution >= 4 is 16.7 Å². The van der Waals surface area contributed by atoms with Gasteiger partial charge >= 0.3 is 6.18 Å². The number of halogens is 4. The number of hydrogen-bond acceptors (Lipinski definition) is 6. The van der Waals surface area contributed by atoms with Gasteiger partial charge in [0.15, 0.2) is 0 Å². The lowest BCUT2D eigenvalue weighted by Gasteiger charge is -2.44. The molecule has 4 heterocycles. The molecule has 0 saturated carbocycles. The van der Waals surface area contributed by atoms with Crippen LogP contribution in [-0.4, -0.2) is 45.1 Å². The van der Waals surface area contributed by atoms with Crippen LogP contribution in [0.1, 0.15) is 35.5 Å². The highest BCUT2D eigenvalue weighted by molar-refractivity contribution is 5.89. The number of pyridine rings is 3. The van der Waals surface area contributed by atoms with Gasteiger partial charge in [0.25, 0.3) is 5.56 Å². The van der Waals surface area contributed by atoms with E-state index in [1.165, 1.54) is 28.8 Å². The Morgan fingerprint density at radius 2 is 1.82 bits per heavy atom. The number of aromatic nitrogens is 3. The SMILES string of the molecule is C[C@H]1CN(C(c2ccc(F)cc2)c2ccc(C(F)(F)F)cn2)CCN1c1cc(=O)n(C)c2ccc(C#N)nc12. The molecule has 39 heavy (non-hydrogen) atoms. The zero-order valence-electron chi connectivity index (χ0n) is 21.2. The second-order valence-electron chi connectivity index (χ2n) is 9.56. The molecule has 7 nitrogen and oxygen atoms in total. The Labute approximate surface area is 221 Å². The van der Waals surface area contributed by atoms with E-state index in [2.05, 4.69) is 19.8 Å². The molecule has 1 aliphatic heterocycles. The summed E-state index contributed by atoms with van der Waals surface area (Å²) in [5, 5.41) is 9.37. The molecule has 1 aromatic carbocycles. The quantitative estimate of drug-likeness (QED) is 0.353. The predicted octanol–water partition coefficient (Wildman–Crippen LogP) is 4.66. The van der Waals surface area contributed by atoms with Crippen molar-refractivity contribution in [1.29, 1.82) is 5.26 Å². The summed E-state index contributed by atoms with van der Waals surface area (Å²) in [4.78, 5) is 25.5. The lowest BCUT2D eigenvalue weighted by Crippen LogP contribution is -2.53. The van der Waals surface area contributed by atoms with Crippen molar-refractivity contribution in [2.75, 3.05) is 24.5 Å². The normalized spacial score (nSPS) is 17.3. The molecular weight excluding hydrogens is 512 g/mol. The first-order chi connectivity index (χ1) is 18.6. The average Bonchev–Trinajstić information content (AvgIpc) is 2.92. The van der Waals surface area contributed by atoms with Crippen LogP contribution >= 0.6 is 0 Å². The zero-order valence-corrected chi connectivity index (χ0v) is 21.2. The van der Waals surface area contributed by atoms with Gasteiger partial charge in [-0.1, -0.05) is 12.1 Å². The van der Waals surface area contributed by atoms with Crippen LogP contribution in [0.2, 0.25) is 0 Å². The van der Waals surface area contributed by atoms with E-state index in [0.29, 0.717) is 47.6 Å². The lowest BCUT2D eigenvalue weighted by atomic mass is 9.98. The number of nitriles is 1. The van der Waals surface area contributed by atoms with Gasteiger partial charge in [-0.3, -0.25) is 14.7 Å². The first kappa shape index (κ1) is 26.3. The van der Waals surface area contributed by atoms with E-state index in [-0.39, 0.29) is 17.3 Å². The maximum atomic E-state index is 13.7. The number of aryl methyl sites for hydroxylation is 1. The van der Waals surface area contributed by atoms with Crippen LogP contribution in [0.15, 0.2) is 65.6 Å². The highest BCUT2D eigenvalue weighted by atomic mass is 19.4. The van der Waals surface area contributed by atoms with E-state index in [1.54, 1.807) is 31.3 Å². The third-order valence-electron chi connectivity index (χ3n) is 7.10. The minimum atomic E-state index is -4.51. The molecule has 2 atom stereocenters. The summed E-state index contributed by atoms with van der Waals surface area (Å²) in [6, 6.07) is 14.4. The average molecular weight is 537 g/mol. The number of fused-ring (bicyclic) bond motifs is 1. The number of anilines is 1. The van der Waals surface area contributed by atoms with Crippen LogP contribution in [0.3, 0.4) is 0 Å². The van der Waals surface area contributed by atoms with Crippen molar-refractivity contribution in [1.82, 2.24) is 19.4 Å². The molecule has 200 valence electrons. The highest BCUT2D eigenvalue weighted by Crippen LogP contribution is 2.34. The maximum Gasteiger partial charge on any atom is 0.417 e. The van der Waals surface area contributed by atoms with Crippen molar-refractivity contribution in [3.63, 3.8) is 0 Å². The summed E-state index contributed by atoms with van der Waals surface area (Å²) in [6.45, 7) is 3.40. The van der Waals surface area contributed by atoms with E-state index >= 15 is 0 Å². The minimum Gasteiger partial charge on any atom is -0.364 e. The smallest absolute Gasteiger partial charge is 0.364 e. The highest BCUT2D eigenvalue weighted by Gasteiger charge is 2.34. The Bertz CT molecular complexity index is 1610. The second-order valence-corrected chi connectivity index (χ2v) is 9.56. The Kier molecular flexibility index (Phi) is 6.82. The summed E-state index contributed by atoms with van der Waals surface area (Å²) in [5.41, 5.74) is 2.04. The number of hydrogen-bond donors (Lipinski definition) is 0. The van der Waals surface area contributed by atoms with Crippen LogP contribution in [0.4, 0.5) is 23.2 Å². The van der Waals surface area contributed by atoms with Gasteiger partial charge in [-0.2, -0.15) is 18.4 Å². The molecule has 1 fully saturated rings. The number of nitrogens with zero attached hydrogens (tertiary/aromatic N) is 6. The summed E-state index contributed by atoms with van der Waals surface area (Å²) in [7, 11) is 1.65. The molecule has 0 N–H and O–H groups in total. The molecule has 3 aromatic heterocycles. The fourth-order valence-electron chi connectivity index (χ4n) is 5.12. The summed E-state index contributed by atoms with van der Waals surface area (Å²) >= 11 is 0. The molecule has 0 spiro atoms. The van der Waals surface area contributed by atoms with Crippen molar-refractivity contribution < 1.29 is 17.6 Å². The minimum absolute atomic E-state index is 0.140. The lowest BCUT2D eigenvalue weighted by molar-refractivity contribution is -0.137. The maximum absolute atomic E-state index is 13.7. The number of piperazine rings is 1. The van der Waals surface area contributed by atoms with E-state index < -0.39 is 23.6 Å². The Morgan fingerprint density at radius 3 is 2.44 bits per heavy atom. The molecule has 1 unspecified atom stereocenters. The van der Waals surface area contributed by atoms with Gasteiger partial charge in [0.05, 0.1) is 28.5 Å². The second kappa shape index (κ2) is 10.1. The molecule has 0 bridgehead atoms. The standard InChI is InChI=1S/C28H24F4N6O/c1-17-16-37(11-12-38(17)24-13-25(39)36(2)23-10-8-21(14-33)35-26(23)24)27(18-3-6-20(29)7-4-18)22-9-5-19(15-34-22)28(30,31)32/h3-10,13,15,17,27H,11-12,16H2,1-2H3/t17-,27?/m0/s1. The number of rotatable bonds is 4. The van der Waals surface area contributed by atoms with Crippen molar-refractivity contribution in [2.45, 2.75) is 25.2 Å². The van der Waals surface area contributed by atoms with Gasteiger partial charge in [0.2, 0.25) is 0 Å². The first-order valence-corrected chi connectivity index (χ1v) is 12.3. The summed E-state index contributed by atoms with van der Waals surface area (Å²) < 4.78 is 54.7. The molecule has 0 radical (unpaired) electrons. The first-order valence-electron chi connectivity index (χ1n) is 12.3. The van der Waals surface area contributed by atoms with E-state index in [1.807, 2.05) is 13.0 Å². The molecule has 0 aliphatic carbocycles. The molecule has 1 aliphatic rings. The van der Waals surface area contributed by atoms with Crippen LogP contribution in [0, 0.1) is 17.1 Å². The summed E-state index contributed by atoms with van der Waals surface area (Å²) in [5.74, 6) is -0.419. The van der Waals surface area contributed by atoms with Gasteiger partial charge in [0.1, 0.15) is 23.1 Å². The molecule has 4 aromatic rings. The predicted molar refractivity (Wildman–Crippen MR) is 138 cm³/mol. The number of benzene rings is 1. The van der Waals surface area contributed by atoms with E-state index in [4.69, 9.17) is 0 Å². The summed E-state index contributed by atoms with van der Waals surface area (Å²) in [6.07, 6.45) is -3.69. The Balaban J connectivity index is 1.50. The molecule has 11 heteroatoms. The molecular formula is C28H24F4N6O. The third-order valence-corrected chi connectivity index (χ3v) is 7.10. The Hall–Kier alpha value is -4.30. The molecule has 1 saturated heterocycles. The van der Waals surface area contributed by atoms with Crippen LogP contribution in [0.5, 0.6) is 0 Å². The zero-order chi connectivity index (χ0) is 27.9.